The summed E-state index contributed by atoms with van der Waals surface area (Å²) in [6.07, 6.45) is 2.90. The Labute approximate surface area is 85.5 Å². The topological polar surface area (TPSA) is 23.5 Å². The average molecular weight is 191 g/mol. The zero-order chi connectivity index (χ0) is 10.4. The van der Waals surface area contributed by atoms with E-state index in [0.717, 1.165) is 19.5 Å². The third kappa shape index (κ3) is 3.62. The van der Waals surface area contributed by atoms with E-state index in [1.165, 1.54) is 5.56 Å². The van der Waals surface area contributed by atoms with Gasteiger partial charge in [0.1, 0.15) is 5.75 Å². The van der Waals surface area contributed by atoms with Crippen LogP contribution in [0.25, 0.3) is 0 Å². The van der Waals surface area contributed by atoms with Gasteiger partial charge in [-0.3, -0.25) is 0 Å². The minimum Gasteiger partial charge on any atom is -0.508 e. The van der Waals surface area contributed by atoms with E-state index in [-0.39, 0.29) is 0 Å². The number of phenols is 1. The monoisotopic (exact) mass is 191 g/mol. The highest BCUT2D eigenvalue weighted by atomic mass is 16.3. The molecule has 2 heteroatoms. The Bertz CT molecular complexity index is 279. The SMILES string of the molecule is C=CCN(C)CCc1ccc(O)cc1. The maximum Gasteiger partial charge on any atom is 0.115 e. The summed E-state index contributed by atoms with van der Waals surface area (Å²) in [5.41, 5.74) is 1.25. The fourth-order valence-corrected chi connectivity index (χ4v) is 1.29. The van der Waals surface area contributed by atoms with Gasteiger partial charge >= 0.3 is 0 Å². The molecule has 76 valence electrons. The van der Waals surface area contributed by atoms with Crippen LogP contribution in [0.3, 0.4) is 0 Å². The standard InChI is InChI=1S/C12H17NO/c1-3-9-13(2)10-8-11-4-6-12(14)7-5-11/h3-7,14H,1,8-10H2,2H3. The molecule has 0 radical (unpaired) electrons. The lowest BCUT2D eigenvalue weighted by molar-refractivity contribution is 0.375. The van der Waals surface area contributed by atoms with Gasteiger partial charge in [0, 0.05) is 13.1 Å². The molecule has 0 aliphatic carbocycles. The second-order valence-electron chi connectivity index (χ2n) is 3.47. The normalized spacial score (nSPS) is 10.4. The van der Waals surface area contributed by atoms with Gasteiger partial charge < -0.3 is 10.0 Å². The third-order valence-corrected chi connectivity index (χ3v) is 2.16. The van der Waals surface area contributed by atoms with E-state index in [1.807, 2.05) is 18.2 Å². The molecule has 1 aromatic rings. The van der Waals surface area contributed by atoms with Gasteiger partial charge in [-0.05, 0) is 31.2 Å². The maximum atomic E-state index is 9.09. The lowest BCUT2D eigenvalue weighted by atomic mass is 10.1. The summed E-state index contributed by atoms with van der Waals surface area (Å²) in [6, 6.07) is 7.36. The second kappa shape index (κ2) is 5.45. The van der Waals surface area contributed by atoms with Gasteiger partial charge in [0.15, 0.2) is 0 Å². The second-order valence-corrected chi connectivity index (χ2v) is 3.47. The molecule has 0 aliphatic heterocycles. The van der Waals surface area contributed by atoms with Crippen LogP contribution < -0.4 is 0 Å². The fourth-order valence-electron chi connectivity index (χ4n) is 1.29. The molecule has 0 aromatic heterocycles. The smallest absolute Gasteiger partial charge is 0.115 e. The summed E-state index contributed by atoms with van der Waals surface area (Å²) in [5, 5.41) is 9.09. The van der Waals surface area contributed by atoms with Gasteiger partial charge in [-0.1, -0.05) is 18.2 Å². The van der Waals surface area contributed by atoms with E-state index in [4.69, 9.17) is 5.11 Å². The van der Waals surface area contributed by atoms with Crippen LogP contribution in [-0.2, 0) is 6.42 Å². The Morgan fingerprint density at radius 1 is 1.36 bits per heavy atom. The van der Waals surface area contributed by atoms with Crippen LogP contribution in [-0.4, -0.2) is 30.1 Å². The zero-order valence-electron chi connectivity index (χ0n) is 8.61. The number of hydrogen-bond acceptors (Lipinski definition) is 2. The fraction of sp³-hybridized carbons (Fsp3) is 0.333. The van der Waals surface area contributed by atoms with Crippen LogP contribution in [0.1, 0.15) is 5.56 Å². The summed E-state index contributed by atoms with van der Waals surface area (Å²) in [4.78, 5) is 2.21. The van der Waals surface area contributed by atoms with E-state index in [0.29, 0.717) is 5.75 Å². The maximum absolute atomic E-state index is 9.09. The number of hydrogen-bond donors (Lipinski definition) is 1. The number of nitrogens with zero attached hydrogens (tertiary/aromatic N) is 1. The molecule has 0 aliphatic rings. The van der Waals surface area contributed by atoms with Crippen molar-refractivity contribution in [1.29, 1.82) is 0 Å². The van der Waals surface area contributed by atoms with Gasteiger partial charge in [-0.2, -0.15) is 0 Å². The Hall–Kier alpha value is -1.28. The molecule has 0 saturated heterocycles. The Kier molecular flexibility index (Phi) is 4.20. The first-order chi connectivity index (χ1) is 6.72. The number of benzene rings is 1. The largest absolute Gasteiger partial charge is 0.508 e. The molecule has 1 rings (SSSR count). The molecule has 0 spiro atoms. The van der Waals surface area contributed by atoms with Crippen molar-refractivity contribution in [2.75, 3.05) is 20.1 Å². The number of phenolic OH excluding ortho intramolecular Hbond substituents is 1. The number of aromatic hydroxyl groups is 1. The average Bonchev–Trinajstić information content (AvgIpc) is 2.17. The van der Waals surface area contributed by atoms with Crippen molar-refractivity contribution in [3.05, 3.63) is 42.5 Å². The van der Waals surface area contributed by atoms with Gasteiger partial charge in [0.05, 0.1) is 0 Å². The first-order valence-electron chi connectivity index (χ1n) is 4.79. The van der Waals surface area contributed by atoms with Crippen LogP contribution in [0, 0.1) is 0 Å². The van der Waals surface area contributed by atoms with Crippen molar-refractivity contribution < 1.29 is 5.11 Å². The van der Waals surface area contributed by atoms with E-state index in [2.05, 4.69) is 18.5 Å². The van der Waals surface area contributed by atoms with E-state index < -0.39 is 0 Å². The van der Waals surface area contributed by atoms with Crippen molar-refractivity contribution in [1.82, 2.24) is 4.90 Å². The lowest BCUT2D eigenvalue weighted by Gasteiger charge is -2.13. The highest BCUT2D eigenvalue weighted by molar-refractivity contribution is 5.25. The van der Waals surface area contributed by atoms with Crippen LogP contribution in [0.15, 0.2) is 36.9 Å². The zero-order valence-corrected chi connectivity index (χ0v) is 8.61. The third-order valence-electron chi connectivity index (χ3n) is 2.16. The predicted molar refractivity (Wildman–Crippen MR) is 59.5 cm³/mol. The predicted octanol–water partition coefficient (Wildman–Crippen LogP) is 2.05. The minimum atomic E-state index is 0.327. The molecular formula is C12H17NO. The molecule has 0 bridgehead atoms. The Balaban J connectivity index is 2.37. The Morgan fingerprint density at radius 3 is 2.57 bits per heavy atom. The molecule has 0 heterocycles. The van der Waals surface area contributed by atoms with Crippen LogP contribution >= 0.6 is 0 Å². The molecular weight excluding hydrogens is 174 g/mol. The van der Waals surface area contributed by atoms with Gasteiger partial charge in [-0.25, -0.2) is 0 Å². The first kappa shape index (κ1) is 10.8. The van der Waals surface area contributed by atoms with Gasteiger partial charge in [-0.15, -0.1) is 6.58 Å². The minimum absolute atomic E-state index is 0.327. The summed E-state index contributed by atoms with van der Waals surface area (Å²) < 4.78 is 0. The van der Waals surface area contributed by atoms with Crippen LogP contribution in [0.5, 0.6) is 5.75 Å². The summed E-state index contributed by atoms with van der Waals surface area (Å²) in [7, 11) is 2.07. The van der Waals surface area contributed by atoms with E-state index in [1.54, 1.807) is 12.1 Å². The van der Waals surface area contributed by atoms with Crippen molar-refractivity contribution in [2.24, 2.45) is 0 Å². The molecule has 0 amide bonds. The number of likely N-dealkylation sites (N-methyl/N-ethyl adjacent to an activating group) is 1. The molecule has 0 fully saturated rings. The molecule has 2 nitrogen and oxygen atoms in total. The van der Waals surface area contributed by atoms with Crippen molar-refractivity contribution in [3.63, 3.8) is 0 Å². The molecule has 0 atom stereocenters. The van der Waals surface area contributed by atoms with E-state index in [9.17, 15) is 0 Å². The summed E-state index contributed by atoms with van der Waals surface area (Å²) in [6.45, 7) is 5.62. The highest BCUT2D eigenvalue weighted by Gasteiger charge is 1.97. The van der Waals surface area contributed by atoms with Gasteiger partial charge in [0.25, 0.3) is 0 Å². The number of rotatable bonds is 5. The van der Waals surface area contributed by atoms with Crippen molar-refractivity contribution in [2.45, 2.75) is 6.42 Å². The Morgan fingerprint density at radius 2 is 2.00 bits per heavy atom. The molecule has 14 heavy (non-hydrogen) atoms. The molecule has 1 N–H and O–H groups in total. The van der Waals surface area contributed by atoms with Gasteiger partial charge in [0.2, 0.25) is 0 Å². The van der Waals surface area contributed by atoms with Crippen molar-refractivity contribution in [3.8, 4) is 5.75 Å². The molecule has 0 saturated carbocycles. The first-order valence-corrected chi connectivity index (χ1v) is 4.79. The van der Waals surface area contributed by atoms with Crippen LogP contribution in [0.4, 0.5) is 0 Å². The summed E-state index contributed by atoms with van der Waals surface area (Å²) >= 11 is 0. The molecule has 1 aromatic carbocycles. The highest BCUT2D eigenvalue weighted by Crippen LogP contribution is 2.10. The summed E-state index contributed by atoms with van der Waals surface area (Å²) in [5.74, 6) is 0.327. The van der Waals surface area contributed by atoms with Crippen molar-refractivity contribution >= 4 is 0 Å². The molecule has 0 unspecified atom stereocenters. The quantitative estimate of drug-likeness (QED) is 0.720. The van der Waals surface area contributed by atoms with Crippen LogP contribution in [0.2, 0.25) is 0 Å². The lowest BCUT2D eigenvalue weighted by Crippen LogP contribution is -2.20. The van der Waals surface area contributed by atoms with E-state index >= 15 is 0 Å².